The second-order valence-corrected chi connectivity index (χ2v) is 6.55. The molecule has 162 valence electrons. The molecule has 2 amide bonds. The minimum Gasteiger partial charge on any atom is -0.481 e. The first kappa shape index (κ1) is 24.0. The van der Waals surface area contributed by atoms with E-state index in [4.69, 9.17) is 16.6 Å². The maximum atomic E-state index is 12.6. The van der Waals surface area contributed by atoms with Crippen molar-refractivity contribution in [2.24, 2.45) is 11.5 Å². The van der Waals surface area contributed by atoms with Gasteiger partial charge in [-0.1, -0.05) is 0 Å². The minimum atomic E-state index is -1.24. The number of aromatic amines is 1. The van der Waals surface area contributed by atoms with Gasteiger partial charge in [0.2, 0.25) is 11.8 Å². The van der Waals surface area contributed by atoms with Gasteiger partial charge in [-0.2, -0.15) is 0 Å². The van der Waals surface area contributed by atoms with Crippen LogP contribution in [0, 0.1) is 0 Å². The Hall–Kier alpha value is -2.99. The zero-order valence-electron chi connectivity index (χ0n) is 16.0. The fourth-order valence-corrected chi connectivity index (χ4v) is 2.53. The third kappa shape index (κ3) is 9.17. The maximum Gasteiger partial charge on any atom is 0.326 e. The number of amides is 2. The number of aromatic nitrogens is 2. The van der Waals surface area contributed by atoms with Gasteiger partial charge in [0.25, 0.3) is 0 Å². The number of carboxylic acid groups (broad SMARTS) is 2. The number of aliphatic carboxylic acids is 2. The number of hydrogen-bond donors (Lipinski definition) is 7. The Kier molecular flexibility index (Phi) is 10.3. The molecule has 29 heavy (non-hydrogen) atoms. The average molecular weight is 412 g/mol. The fourth-order valence-electron chi connectivity index (χ4n) is 2.53. The highest BCUT2D eigenvalue weighted by Gasteiger charge is 2.28. The Morgan fingerprint density at radius 1 is 1.07 bits per heavy atom. The van der Waals surface area contributed by atoms with E-state index >= 15 is 0 Å². The van der Waals surface area contributed by atoms with Gasteiger partial charge in [-0.25, -0.2) is 9.78 Å². The average Bonchev–Trinajstić information content (AvgIpc) is 3.17. The van der Waals surface area contributed by atoms with Crippen LogP contribution in [0.2, 0.25) is 0 Å². The van der Waals surface area contributed by atoms with Crippen LogP contribution >= 0.6 is 0 Å². The summed E-state index contributed by atoms with van der Waals surface area (Å²) in [4.78, 5) is 53.6. The number of H-pyrrole nitrogens is 1. The van der Waals surface area contributed by atoms with Crippen LogP contribution in [0.25, 0.3) is 0 Å². The number of carbonyl (C=O) groups is 4. The van der Waals surface area contributed by atoms with Crippen LogP contribution in [0.5, 0.6) is 0 Å². The quantitative estimate of drug-likeness (QED) is 0.174. The summed E-state index contributed by atoms with van der Waals surface area (Å²) in [6.07, 6.45) is 3.87. The molecule has 0 aliphatic carbocycles. The SMILES string of the molecule is NCCCC[C@H](NC(=O)[C@@H](N)CCC(=O)O)C(=O)N[C@@H](Cc1c[nH]cn1)C(=O)O. The van der Waals surface area contributed by atoms with Gasteiger partial charge in [0.1, 0.15) is 12.1 Å². The van der Waals surface area contributed by atoms with Gasteiger partial charge in [0.15, 0.2) is 0 Å². The summed E-state index contributed by atoms with van der Waals surface area (Å²) >= 11 is 0. The lowest BCUT2D eigenvalue weighted by Crippen LogP contribution is -2.54. The lowest BCUT2D eigenvalue weighted by Gasteiger charge is -2.22. The molecule has 0 unspecified atom stereocenters. The summed E-state index contributed by atoms with van der Waals surface area (Å²) in [5.41, 5.74) is 11.6. The molecule has 1 heterocycles. The summed E-state index contributed by atoms with van der Waals surface area (Å²) in [5.74, 6) is -3.69. The first-order valence-electron chi connectivity index (χ1n) is 9.23. The van der Waals surface area contributed by atoms with E-state index in [2.05, 4.69) is 20.6 Å². The zero-order chi connectivity index (χ0) is 21.8. The molecule has 12 nitrogen and oxygen atoms in total. The number of rotatable bonds is 14. The highest BCUT2D eigenvalue weighted by atomic mass is 16.4. The van der Waals surface area contributed by atoms with Crippen LogP contribution in [0.3, 0.4) is 0 Å². The van der Waals surface area contributed by atoms with E-state index in [9.17, 15) is 24.3 Å². The van der Waals surface area contributed by atoms with Crippen LogP contribution in [0.1, 0.15) is 37.8 Å². The number of unbranched alkanes of at least 4 members (excludes halogenated alkanes) is 1. The normalized spacial score (nSPS) is 13.9. The maximum absolute atomic E-state index is 12.6. The van der Waals surface area contributed by atoms with Gasteiger partial charge in [0, 0.05) is 19.0 Å². The summed E-state index contributed by atoms with van der Waals surface area (Å²) in [5, 5.41) is 22.9. The molecule has 0 bridgehead atoms. The lowest BCUT2D eigenvalue weighted by atomic mass is 10.1. The monoisotopic (exact) mass is 412 g/mol. The van der Waals surface area contributed by atoms with Crippen LogP contribution in [-0.2, 0) is 25.6 Å². The van der Waals surface area contributed by atoms with Gasteiger partial charge in [-0.15, -0.1) is 0 Å². The predicted octanol–water partition coefficient (Wildman–Crippen LogP) is -1.67. The Bertz CT molecular complexity index is 680. The van der Waals surface area contributed by atoms with Gasteiger partial charge in [0.05, 0.1) is 18.1 Å². The van der Waals surface area contributed by atoms with Gasteiger partial charge in [-0.3, -0.25) is 14.4 Å². The summed E-state index contributed by atoms with van der Waals surface area (Å²) in [6, 6.07) is -3.36. The lowest BCUT2D eigenvalue weighted by molar-refractivity contribution is -0.142. The number of nitrogens with zero attached hydrogens (tertiary/aromatic N) is 1. The Morgan fingerprint density at radius 3 is 2.31 bits per heavy atom. The number of nitrogens with two attached hydrogens (primary N) is 2. The van der Waals surface area contributed by atoms with E-state index in [0.29, 0.717) is 25.1 Å². The van der Waals surface area contributed by atoms with Gasteiger partial charge >= 0.3 is 11.9 Å². The molecule has 0 radical (unpaired) electrons. The molecule has 0 saturated heterocycles. The minimum absolute atomic E-state index is 0.0356. The molecule has 0 aliphatic heterocycles. The Labute approximate surface area is 167 Å². The highest BCUT2D eigenvalue weighted by molar-refractivity contribution is 5.91. The predicted molar refractivity (Wildman–Crippen MR) is 102 cm³/mol. The van der Waals surface area contributed by atoms with Crippen molar-refractivity contribution in [1.82, 2.24) is 20.6 Å². The van der Waals surface area contributed by atoms with Crippen molar-refractivity contribution in [3.63, 3.8) is 0 Å². The molecule has 0 spiro atoms. The van der Waals surface area contributed by atoms with Crippen LogP contribution < -0.4 is 22.1 Å². The Balaban J connectivity index is 2.76. The van der Waals surface area contributed by atoms with Crippen LogP contribution in [0.4, 0.5) is 0 Å². The molecule has 0 saturated carbocycles. The van der Waals surface area contributed by atoms with Crippen molar-refractivity contribution in [1.29, 1.82) is 0 Å². The molecule has 3 atom stereocenters. The molecular formula is C17H28N6O6. The smallest absolute Gasteiger partial charge is 0.326 e. The molecule has 12 heteroatoms. The third-order valence-corrected chi connectivity index (χ3v) is 4.17. The molecule has 9 N–H and O–H groups in total. The summed E-state index contributed by atoms with van der Waals surface area (Å²) < 4.78 is 0. The molecule has 1 aromatic heterocycles. The molecule has 0 fully saturated rings. The molecule has 1 aromatic rings. The second-order valence-electron chi connectivity index (χ2n) is 6.55. The number of imidazole rings is 1. The van der Waals surface area contributed by atoms with Gasteiger partial charge in [-0.05, 0) is 32.2 Å². The molecule has 1 rings (SSSR count). The van der Waals surface area contributed by atoms with E-state index in [-0.39, 0.29) is 25.7 Å². The third-order valence-electron chi connectivity index (χ3n) is 4.17. The summed E-state index contributed by atoms with van der Waals surface area (Å²) in [6.45, 7) is 0.400. The van der Waals surface area contributed by atoms with Crippen molar-refractivity contribution in [2.45, 2.75) is 56.7 Å². The van der Waals surface area contributed by atoms with Gasteiger partial charge < -0.3 is 37.3 Å². The highest BCUT2D eigenvalue weighted by Crippen LogP contribution is 2.05. The Morgan fingerprint density at radius 2 is 1.76 bits per heavy atom. The van der Waals surface area contributed by atoms with Crippen molar-refractivity contribution in [3.05, 3.63) is 18.2 Å². The van der Waals surface area contributed by atoms with E-state index in [1.54, 1.807) is 0 Å². The number of carboxylic acids is 2. The van der Waals surface area contributed by atoms with E-state index < -0.39 is 41.9 Å². The van der Waals surface area contributed by atoms with E-state index in [0.717, 1.165) is 0 Å². The number of hydrogen-bond acceptors (Lipinski definition) is 7. The van der Waals surface area contributed by atoms with Crippen LogP contribution in [-0.4, -0.2) is 68.6 Å². The topological polar surface area (TPSA) is 214 Å². The van der Waals surface area contributed by atoms with Crippen molar-refractivity contribution < 1.29 is 29.4 Å². The molecule has 0 aliphatic rings. The first-order chi connectivity index (χ1) is 13.7. The van der Waals surface area contributed by atoms with Crippen molar-refractivity contribution in [2.75, 3.05) is 6.54 Å². The van der Waals surface area contributed by atoms with Crippen molar-refractivity contribution >= 4 is 23.8 Å². The number of nitrogens with one attached hydrogen (secondary N) is 3. The first-order valence-corrected chi connectivity index (χ1v) is 9.23. The number of carbonyl (C=O) groups excluding carboxylic acids is 2. The zero-order valence-corrected chi connectivity index (χ0v) is 16.0. The fraction of sp³-hybridized carbons (Fsp3) is 0.588. The van der Waals surface area contributed by atoms with Crippen molar-refractivity contribution in [3.8, 4) is 0 Å². The second kappa shape index (κ2) is 12.5. The molecular weight excluding hydrogens is 384 g/mol. The summed E-state index contributed by atoms with van der Waals surface area (Å²) in [7, 11) is 0. The largest absolute Gasteiger partial charge is 0.481 e. The van der Waals surface area contributed by atoms with Crippen LogP contribution in [0.15, 0.2) is 12.5 Å². The standard InChI is InChI=1S/C17H28N6O6/c18-6-2-1-3-12(22-15(26)11(19)4-5-14(24)25)16(27)23-13(17(28)29)7-10-8-20-9-21-10/h8-9,11-13H,1-7,18-19H2,(H,20,21)(H,22,26)(H,23,27)(H,24,25)(H,28,29)/t11-,12-,13-/m0/s1. The molecule has 0 aromatic carbocycles. The van der Waals surface area contributed by atoms with E-state index in [1.165, 1.54) is 12.5 Å². The van der Waals surface area contributed by atoms with E-state index in [1.807, 2.05) is 0 Å².